The molecule has 65 heavy (non-hydrogen) atoms. The van der Waals surface area contributed by atoms with Crippen LogP contribution < -0.4 is 20.6 Å². The second kappa shape index (κ2) is 12.9. The highest BCUT2D eigenvalue weighted by molar-refractivity contribution is 6.94. The fraction of sp³-hybridized carbons (Fsp3) is 0.0164. The van der Waals surface area contributed by atoms with Crippen LogP contribution in [0, 0.1) is 0 Å². The first-order valence-electron chi connectivity index (χ1n) is 22.6. The second-order valence-electron chi connectivity index (χ2n) is 17.9. The summed E-state index contributed by atoms with van der Waals surface area (Å²) in [4.78, 5) is 5.26. The molecule has 0 radical (unpaired) electrons. The van der Waals surface area contributed by atoms with E-state index in [9.17, 15) is 0 Å². The molecular formula is C61H37BN2O. The van der Waals surface area contributed by atoms with Gasteiger partial charge in [-0.2, -0.15) is 0 Å². The van der Waals surface area contributed by atoms with Gasteiger partial charge in [0.05, 0.1) is 11.1 Å². The highest BCUT2D eigenvalue weighted by Crippen LogP contribution is 2.64. The van der Waals surface area contributed by atoms with Crippen LogP contribution in [0.2, 0.25) is 0 Å². The van der Waals surface area contributed by atoms with Gasteiger partial charge < -0.3 is 14.1 Å². The van der Waals surface area contributed by atoms with Crippen molar-refractivity contribution < 1.29 is 4.42 Å². The number of nitrogens with zero attached hydrogens (tertiary/aromatic N) is 2. The average molecular weight is 825 g/mol. The molecule has 0 N–H and O–H groups in total. The summed E-state index contributed by atoms with van der Waals surface area (Å²) in [7, 11) is 0. The SMILES string of the molecule is c1ccc(-c2cc(-c3ccccc3)cc(N3B4c5cccc6c5N(c5ccccc5C65c6ccccc6-c6ccccc65)c5cc6c(oc7ccccc76)c(c54)-c4ccccc43)c2)cc1. The van der Waals surface area contributed by atoms with Crippen molar-refractivity contribution in [3.05, 3.63) is 247 Å². The molecular weight excluding hydrogens is 787 g/mol. The van der Waals surface area contributed by atoms with Gasteiger partial charge >= 0.3 is 6.85 Å². The van der Waals surface area contributed by atoms with Gasteiger partial charge in [-0.25, -0.2) is 0 Å². The summed E-state index contributed by atoms with van der Waals surface area (Å²) in [5.41, 5.74) is 24.7. The summed E-state index contributed by atoms with van der Waals surface area (Å²) in [5, 5.41) is 2.25. The van der Waals surface area contributed by atoms with Crippen LogP contribution in [-0.4, -0.2) is 6.85 Å². The predicted molar refractivity (Wildman–Crippen MR) is 269 cm³/mol. The van der Waals surface area contributed by atoms with E-state index in [1.807, 2.05) is 0 Å². The Balaban J connectivity index is 1.11. The Hall–Kier alpha value is -8.34. The minimum atomic E-state index is -0.538. The van der Waals surface area contributed by atoms with Crippen molar-refractivity contribution in [2.45, 2.75) is 5.41 Å². The molecule has 300 valence electrons. The van der Waals surface area contributed by atoms with Crippen LogP contribution in [0.25, 0.3) is 66.4 Å². The zero-order valence-electron chi connectivity index (χ0n) is 35.2. The number of hydrogen-bond donors (Lipinski definition) is 0. The maximum Gasteiger partial charge on any atom is 0.333 e. The molecule has 0 bridgehead atoms. The fourth-order valence-corrected chi connectivity index (χ4v) is 12.3. The number of fused-ring (bicyclic) bond motifs is 17. The average Bonchev–Trinajstić information content (AvgIpc) is 3.90. The molecule has 3 nitrogen and oxygen atoms in total. The van der Waals surface area contributed by atoms with Crippen LogP contribution in [0.3, 0.4) is 0 Å². The Morgan fingerprint density at radius 3 is 1.68 bits per heavy atom. The van der Waals surface area contributed by atoms with Crippen molar-refractivity contribution >= 4 is 68.1 Å². The molecule has 0 atom stereocenters. The van der Waals surface area contributed by atoms with Gasteiger partial charge in [-0.3, -0.25) is 0 Å². The van der Waals surface area contributed by atoms with Crippen molar-refractivity contribution in [3.8, 4) is 44.5 Å². The van der Waals surface area contributed by atoms with Crippen LogP contribution in [0.15, 0.2) is 229 Å². The topological polar surface area (TPSA) is 19.6 Å². The molecule has 1 aromatic heterocycles. The molecule has 4 heteroatoms. The lowest BCUT2D eigenvalue weighted by Gasteiger charge is -2.51. The molecule has 4 heterocycles. The van der Waals surface area contributed by atoms with Gasteiger partial charge in [0.15, 0.2) is 0 Å². The van der Waals surface area contributed by atoms with E-state index in [0.29, 0.717) is 0 Å². The third kappa shape index (κ3) is 4.50. The highest BCUT2D eigenvalue weighted by Gasteiger charge is 2.56. The number of furan rings is 1. The first-order valence-corrected chi connectivity index (χ1v) is 22.6. The van der Waals surface area contributed by atoms with Crippen LogP contribution in [0.4, 0.5) is 28.4 Å². The smallest absolute Gasteiger partial charge is 0.333 e. The maximum atomic E-state index is 7.06. The Morgan fingerprint density at radius 1 is 0.400 bits per heavy atom. The van der Waals surface area contributed by atoms with Crippen LogP contribution in [0.5, 0.6) is 0 Å². The van der Waals surface area contributed by atoms with Gasteiger partial charge in [-0.05, 0) is 109 Å². The molecule has 0 saturated heterocycles. The van der Waals surface area contributed by atoms with E-state index >= 15 is 0 Å². The molecule has 0 amide bonds. The Labute approximate surface area is 377 Å². The van der Waals surface area contributed by atoms with Gasteiger partial charge in [0, 0.05) is 44.6 Å². The molecule has 0 saturated carbocycles. The lowest BCUT2D eigenvalue weighted by atomic mass is 9.42. The van der Waals surface area contributed by atoms with Crippen LogP contribution in [0.1, 0.15) is 22.3 Å². The van der Waals surface area contributed by atoms with Crippen molar-refractivity contribution in [3.63, 3.8) is 0 Å². The summed E-state index contributed by atoms with van der Waals surface area (Å²) < 4.78 is 7.06. The summed E-state index contributed by atoms with van der Waals surface area (Å²) >= 11 is 0. The molecule has 0 fully saturated rings. The molecule has 10 aromatic carbocycles. The van der Waals surface area contributed by atoms with Crippen molar-refractivity contribution in [2.24, 2.45) is 0 Å². The molecule has 11 aromatic rings. The van der Waals surface area contributed by atoms with E-state index in [2.05, 4.69) is 234 Å². The van der Waals surface area contributed by atoms with E-state index in [1.165, 1.54) is 89.2 Å². The van der Waals surface area contributed by atoms with E-state index in [1.54, 1.807) is 0 Å². The van der Waals surface area contributed by atoms with E-state index in [-0.39, 0.29) is 6.85 Å². The van der Waals surface area contributed by atoms with E-state index in [4.69, 9.17) is 4.42 Å². The van der Waals surface area contributed by atoms with Gasteiger partial charge in [-0.1, -0.05) is 182 Å². The number of hydrogen-bond acceptors (Lipinski definition) is 3. The first kappa shape index (κ1) is 35.2. The van der Waals surface area contributed by atoms with Gasteiger partial charge in [-0.15, -0.1) is 0 Å². The highest BCUT2D eigenvalue weighted by atomic mass is 16.3. The third-order valence-electron chi connectivity index (χ3n) is 14.8. The summed E-state index contributed by atoms with van der Waals surface area (Å²) in [6.07, 6.45) is 0. The van der Waals surface area contributed by atoms with Crippen molar-refractivity contribution in [1.29, 1.82) is 0 Å². The van der Waals surface area contributed by atoms with Gasteiger partial charge in [0.25, 0.3) is 0 Å². The van der Waals surface area contributed by atoms with Gasteiger partial charge in [0.1, 0.15) is 11.2 Å². The minimum absolute atomic E-state index is 0.206. The molecule has 1 spiro atoms. The summed E-state index contributed by atoms with van der Waals surface area (Å²) in [5.74, 6) is 0. The summed E-state index contributed by atoms with van der Waals surface area (Å²) in [6, 6.07) is 83.4. The zero-order valence-corrected chi connectivity index (χ0v) is 35.2. The molecule has 1 aliphatic carbocycles. The van der Waals surface area contributed by atoms with Crippen LogP contribution in [-0.2, 0) is 5.41 Å². The number of anilines is 5. The quantitative estimate of drug-likeness (QED) is 0.166. The standard InChI is InChI=1S/C61H37BN2O/c1-3-18-38(19-4-1)40-34-41(39-20-5-2-6-21-39)36-42(35-40)64-53-31-14-9-25-46(53)57-58-55(37-47-45-24-10-16-33-56(45)65-60(47)57)63-54-32-15-13-28-50(54)61(51-29-17-30-52(59(51)63)62(58)64)48-26-11-7-22-43(48)44-23-8-12-27-49(44)61/h1-37H. The normalized spacial score (nSPS) is 14.2. The lowest BCUT2D eigenvalue weighted by molar-refractivity contribution is 0.670. The van der Waals surface area contributed by atoms with Gasteiger partial charge in [0.2, 0.25) is 0 Å². The van der Waals surface area contributed by atoms with Crippen molar-refractivity contribution in [2.75, 3.05) is 9.71 Å². The molecule has 15 rings (SSSR count). The molecule has 4 aliphatic rings. The van der Waals surface area contributed by atoms with E-state index in [0.717, 1.165) is 38.9 Å². The number of para-hydroxylation sites is 4. The minimum Gasteiger partial charge on any atom is -0.455 e. The fourth-order valence-electron chi connectivity index (χ4n) is 12.3. The lowest BCUT2D eigenvalue weighted by Crippen LogP contribution is -2.62. The Kier molecular flexibility index (Phi) is 6.96. The third-order valence-corrected chi connectivity index (χ3v) is 14.8. The second-order valence-corrected chi connectivity index (χ2v) is 17.9. The summed E-state index contributed by atoms with van der Waals surface area (Å²) in [6.45, 7) is -0.206. The maximum absolute atomic E-state index is 7.06. The van der Waals surface area contributed by atoms with Crippen molar-refractivity contribution in [1.82, 2.24) is 0 Å². The van der Waals surface area contributed by atoms with Crippen LogP contribution >= 0.6 is 0 Å². The molecule has 0 unspecified atom stereocenters. The Morgan fingerprint density at radius 2 is 0.969 bits per heavy atom. The monoisotopic (exact) mass is 824 g/mol. The predicted octanol–water partition coefficient (Wildman–Crippen LogP) is 14.3. The largest absolute Gasteiger partial charge is 0.455 e. The zero-order chi connectivity index (χ0) is 42.4. The van der Waals surface area contributed by atoms with E-state index < -0.39 is 5.41 Å². The first-order chi connectivity index (χ1) is 32.3. The Bertz CT molecular complexity index is 3710. The number of rotatable bonds is 3. The number of benzene rings is 10. The molecule has 3 aliphatic heterocycles.